The van der Waals surface area contributed by atoms with Crippen LogP contribution in [0.2, 0.25) is 29.8 Å². The second kappa shape index (κ2) is 9.67. The topological polar surface area (TPSA) is 24.1 Å². The zero-order valence-electron chi connectivity index (χ0n) is 25.5. The van der Waals surface area contributed by atoms with E-state index in [1.165, 1.54) is 5.67 Å². The number of nitrogens with one attached hydrogen (secondary N) is 2. The molecule has 0 aromatic heterocycles. The smallest absolute Gasteiger partial charge is 0.125 e. The zero-order valence-corrected chi connectivity index (χ0v) is 27.5. The van der Waals surface area contributed by atoms with Gasteiger partial charge in [-0.25, -0.2) is 0 Å². The molecule has 10 unspecified atom stereocenters. The van der Waals surface area contributed by atoms with Crippen LogP contribution in [0.3, 0.4) is 0 Å². The molecule has 0 aromatic carbocycles. The lowest BCUT2D eigenvalue weighted by atomic mass is 9.92. The molecule has 196 valence electrons. The van der Waals surface area contributed by atoms with Crippen molar-refractivity contribution in [3.8, 4) is 0 Å². The predicted octanol–water partition coefficient (Wildman–Crippen LogP) is 8.31. The molecule has 0 aliphatic heterocycles. The molecule has 2 N–H and O–H groups in total. The number of rotatable bonds is 6. The van der Waals surface area contributed by atoms with Crippen molar-refractivity contribution >= 4 is 16.5 Å². The minimum Gasteiger partial charge on any atom is -0.332 e. The predicted molar refractivity (Wildman–Crippen MR) is 155 cm³/mol. The van der Waals surface area contributed by atoms with Gasteiger partial charge in [-0.05, 0) is 106 Å². The van der Waals surface area contributed by atoms with Gasteiger partial charge >= 0.3 is 0 Å². The van der Waals surface area contributed by atoms with E-state index in [9.17, 15) is 0 Å². The standard InChI is InChI=1S/C29H62N2Si2/c1-18-19(2)23(6)26(22(18)5)32(15,30-28(9,10)11)17-33(16,31-29(12,13)14)27-24(7)20(3)21(4)25(27)8/h18-27,30-31H,17H2,1-16H3/t18-,19?,20+,21?,22?,23?,24?,25?,26?,27?,32?,33?. The molecule has 0 saturated heterocycles. The average molecular weight is 495 g/mol. The summed E-state index contributed by atoms with van der Waals surface area (Å²) in [5.41, 5.74) is 3.47. The summed E-state index contributed by atoms with van der Waals surface area (Å²) >= 11 is 0. The Morgan fingerprint density at radius 3 is 0.848 bits per heavy atom. The van der Waals surface area contributed by atoms with Crippen LogP contribution in [0.15, 0.2) is 0 Å². The lowest BCUT2D eigenvalue weighted by Gasteiger charge is -2.52. The van der Waals surface area contributed by atoms with Crippen molar-refractivity contribution in [2.45, 2.75) is 138 Å². The maximum atomic E-state index is 4.43. The normalized spacial score (nSPS) is 44.0. The Balaban J connectivity index is 2.61. The summed E-state index contributed by atoms with van der Waals surface area (Å²) in [4.78, 5) is 8.85. The quantitative estimate of drug-likeness (QED) is 0.363. The third-order valence-corrected chi connectivity index (χ3v) is 24.3. The van der Waals surface area contributed by atoms with Crippen molar-refractivity contribution in [1.82, 2.24) is 9.96 Å². The minimum atomic E-state index is -1.82. The van der Waals surface area contributed by atoms with Crippen molar-refractivity contribution in [2.24, 2.45) is 47.3 Å². The van der Waals surface area contributed by atoms with Crippen LogP contribution >= 0.6 is 0 Å². The molecule has 0 amide bonds. The van der Waals surface area contributed by atoms with E-state index in [-0.39, 0.29) is 11.1 Å². The molecule has 0 bridgehead atoms. The summed E-state index contributed by atoms with van der Waals surface area (Å²) in [6, 6.07) is 0. The summed E-state index contributed by atoms with van der Waals surface area (Å²) in [6.07, 6.45) is 0. The van der Waals surface area contributed by atoms with Crippen LogP contribution in [0.25, 0.3) is 0 Å². The second-order valence-electron chi connectivity index (χ2n) is 15.7. The Bertz CT molecular complexity index is 584. The van der Waals surface area contributed by atoms with Gasteiger partial charge in [-0.2, -0.15) is 0 Å². The van der Waals surface area contributed by atoms with Gasteiger partial charge in [-0.15, -0.1) is 0 Å². The maximum Gasteiger partial charge on any atom is 0.125 e. The first-order valence-electron chi connectivity index (χ1n) is 14.2. The van der Waals surface area contributed by atoms with Gasteiger partial charge in [-0.1, -0.05) is 68.5 Å². The van der Waals surface area contributed by atoms with Crippen molar-refractivity contribution in [3.05, 3.63) is 0 Å². The van der Waals surface area contributed by atoms with Gasteiger partial charge < -0.3 is 9.96 Å². The highest BCUT2D eigenvalue weighted by Gasteiger charge is 2.59. The molecule has 0 heterocycles. The Morgan fingerprint density at radius 2 is 0.667 bits per heavy atom. The van der Waals surface area contributed by atoms with Crippen molar-refractivity contribution in [1.29, 1.82) is 0 Å². The molecule has 2 aliphatic rings. The van der Waals surface area contributed by atoms with Crippen molar-refractivity contribution in [2.75, 3.05) is 0 Å². The van der Waals surface area contributed by atoms with E-state index in [1.54, 1.807) is 0 Å². The lowest BCUT2D eigenvalue weighted by molar-refractivity contribution is 0.352. The fourth-order valence-electron chi connectivity index (χ4n) is 9.47. The summed E-state index contributed by atoms with van der Waals surface area (Å²) in [6.45, 7) is 40.5. The lowest BCUT2D eigenvalue weighted by Crippen LogP contribution is -2.70. The van der Waals surface area contributed by atoms with E-state index in [2.05, 4.69) is 120 Å². The van der Waals surface area contributed by atoms with E-state index in [1.807, 2.05) is 0 Å². The SMILES string of the molecule is CC1C(C)[C@@H](C)C(C)C1[Si](C)(C[Si](C)(NC(C)(C)C)C1C(C)C(C)[C@H](C)C1C)NC(C)(C)C. The van der Waals surface area contributed by atoms with E-state index >= 15 is 0 Å². The molecule has 33 heavy (non-hydrogen) atoms. The van der Waals surface area contributed by atoms with Gasteiger partial charge in [0.25, 0.3) is 0 Å². The zero-order chi connectivity index (χ0) is 25.9. The van der Waals surface area contributed by atoms with Crippen LogP contribution in [0.5, 0.6) is 0 Å². The van der Waals surface area contributed by atoms with E-state index < -0.39 is 16.5 Å². The molecule has 0 radical (unpaired) electrons. The Hall–Kier alpha value is 0.354. The Labute approximate surface area is 211 Å². The van der Waals surface area contributed by atoms with Crippen LogP contribution in [-0.4, -0.2) is 27.5 Å². The Morgan fingerprint density at radius 1 is 0.455 bits per heavy atom. The average Bonchev–Trinajstić information content (AvgIpc) is 2.91. The molecule has 2 fully saturated rings. The number of hydrogen-bond donors (Lipinski definition) is 2. The van der Waals surface area contributed by atoms with Crippen molar-refractivity contribution < 1.29 is 0 Å². The molecule has 4 heteroatoms. The van der Waals surface area contributed by atoms with E-state index in [0.29, 0.717) is 0 Å². The summed E-state index contributed by atoms with van der Waals surface area (Å²) in [7, 11) is -3.64. The molecular weight excluding hydrogens is 433 g/mol. The third-order valence-electron chi connectivity index (χ3n) is 10.8. The fraction of sp³-hybridized carbons (Fsp3) is 1.00. The molecule has 2 rings (SSSR count). The highest BCUT2D eigenvalue weighted by Crippen LogP contribution is 2.58. The van der Waals surface area contributed by atoms with E-state index in [0.717, 1.165) is 58.4 Å². The van der Waals surface area contributed by atoms with Gasteiger partial charge in [0.1, 0.15) is 16.5 Å². The van der Waals surface area contributed by atoms with E-state index in [4.69, 9.17) is 0 Å². The minimum absolute atomic E-state index is 0.167. The highest BCUT2D eigenvalue weighted by molar-refractivity contribution is 6.95. The number of hydrogen-bond acceptors (Lipinski definition) is 2. The summed E-state index contributed by atoms with van der Waals surface area (Å²) < 4.78 is 0. The molecule has 2 nitrogen and oxygen atoms in total. The fourth-order valence-corrected chi connectivity index (χ4v) is 27.8. The first kappa shape index (κ1) is 29.6. The molecule has 2 saturated carbocycles. The third kappa shape index (κ3) is 6.02. The molecular formula is C29H62N2Si2. The van der Waals surface area contributed by atoms with Crippen LogP contribution in [0.4, 0.5) is 0 Å². The molecule has 0 spiro atoms. The van der Waals surface area contributed by atoms with Crippen LogP contribution in [0.1, 0.15) is 96.9 Å². The maximum absolute atomic E-state index is 4.43. The van der Waals surface area contributed by atoms with Crippen molar-refractivity contribution in [3.63, 3.8) is 0 Å². The van der Waals surface area contributed by atoms with Gasteiger partial charge in [0, 0.05) is 11.1 Å². The van der Waals surface area contributed by atoms with Gasteiger partial charge in [0.15, 0.2) is 0 Å². The second-order valence-corrected chi connectivity index (χ2v) is 24.6. The molecule has 0 aromatic rings. The highest BCUT2D eigenvalue weighted by atomic mass is 28.4. The molecule has 2 aliphatic carbocycles. The summed E-state index contributed by atoms with van der Waals surface area (Å²) in [5, 5.41) is 0. The molecule has 12 atom stereocenters. The van der Waals surface area contributed by atoms with Crippen LogP contribution in [-0.2, 0) is 0 Å². The Kier molecular flexibility index (Phi) is 8.67. The summed E-state index contributed by atoms with van der Waals surface area (Å²) in [5.74, 6) is 6.54. The van der Waals surface area contributed by atoms with Crippen LogP contribution in [0, 0.1) is 47.3 Å². The van der Waals surface area contributed by atoms with Crippen LogP contribution < -0.4 is 9.96 Å². The first-order valence-corrected chi connectivity index (χ1v) is 19.8. The van der Waals surface area contributed by atoms with Gasteiger partial charge in [-0.3, -0.25) is 0 Å². The largest absolute Gasteiger partial charge is 0.332 e. The van der Waals surface area contributed by atoms with Gasteiger partial charge in [0.2, 0.25) is 0 Å². The van der Waals surface area contributed by atoms with Gasteiger partial charge in [0.05, 0.1) is 0 Å². The first-order chi connectivity index (χ1) is 14.7. The monoisotopic (exact) mass is 494 g/mol.